The summed E-state index contributed by atoms with van der Waals surface area (Å²) >= 11 is 3.48. The standard InChI is InChI=1S/C9H14BrN3O/c1-13-9(10)7(4-12-13)8(11)6-2-3-14-5-6/h4,6,8H,2-3,5,11H2,1H3. The van der Waals surface area contributed by atoms with Crippen LogP contribution in [0.1, 0.15) is 18.0 Å². The zero-order chi connectivity index (χ0) is 10.1. The van der Waals surface area contributed by atoms with Gasteiger partial charge < -0.3 is 10.5 Å². The van der Waals surface area contributed by atoms with Crippen molar-refractivity contribution < 1.29 is 4.74 Å². The van der Waals surface area contributed by atoms with Crippen molar-refractivity contribution >= 4 is 15.9 Å². The summed E-state index contributed by atoms with van der Waals surface area (Å²) in [5.74, 6) is 0.426. The van der Waals surface area contributed by atoms with Gasteiger partial charge in [0.05, 0.1) is 12.8 Å². The van der Waals surface area contributed by atoms with Crippen LogP contribution in [0.3, 0.4) is 0 Å². The summed E-state index contributed by atoms with van der Waals surface area (Å²) < 4.78 is 8.08. The van der Waals surface area contributed by atoms with E-state index in [4.69, 9.17) is 10.5 Å². The molecule has 0 spiro atoms. The fraction of sp³-hybridized carbons (Fsp3) is 0.667. The largest absolute Gasteiger partial charge is 0.381 e. The lowest BCUT2D eigenvalue weighted by molar-refractivity contribution is 0.181. The summed E-state index contributed by atoms with van der Waals surface area (Å²) in [6, 6.07) is 0.0283. The Balaban J connectivity index is 2.17. The Labute approximate surface area is 91.5 Å². The lowest BCUT2D eigenvalue weighted by Gasteiger charge is -2.16. The van der Waals surface area contributed by atoms with Gasteiger partial charge in [-0.3, -0.25) is 4.68 Å². The molecule has 0 aliphatic carbocycles. The van der Waals surface area contributed by atoms with Gasteiger partial charge in [0.1, 0.15) is 4.60 Å². The molecule has 2 heterocycles. The summed E-state index contributed by atoms with van der Waals surface area (Å²) in [6.45, 7) is 1.60. The van der Waals surface area contributed by atoms with Crippen molar-refractivity contribution in [3.63, 3.8) is 0 Å². The predicted octanol–water partition coefficient (Wildman–Crippen LogP) is 1.22. The van der Waals surface area contributed by atoms with Crippen molar-refractivity contribution in [3.8, 4) is 0 Å². The van der Waals surface area contributed by atoms with Crippen LogP contribution < -0.4 is 5.73 Å². The average molecular weight is 260 g/mol. The van der Waals surface area contributed by atoms with Crippen molar-refractivity contribution in [3.05, 3.63) is 16.4 Å². The summed E-state index contributed by atoms with van der Waals surface area (Å²) in [5, 5.41) is 4.16. The Hall–Kier alpha value is -0.390. The average Bonchev–Trinajstić information content (AvgIpc) is 2.77. The molecule has 2 rings (SSSR count). The highest BCUT2D eigenvalue weighted by molar-refractivity contribution is 9.10. The highest BCUT2D eigenvalue weighted by Crippen LogP contribution is 2.30. The molecule has 0 amide bonds. The van der Waals surface area contributed by atoms with Crippen molar-refractivity contribution in [2.24, 2.45) is 18.7 Å². The van der Waals surface area contributed by atoms with Gasteiger partial charge in [-0.25, -0.2) is 0 Å². The van der Waals surface area contributed by atoms with Gasteiger partial charge in [-0.05, 0) is 22.4 Å². The third-order valence-electron chi connectivity index (χ3n) is 2.72. The van der Waals surface area contributed by atoms with E-state index in [9.17, 15) is 0 Å². The number of aryl methyl sites for hydroxylation is 1. The van der Waals surface area contributed by atoms with Crippen LogP contribution in [0.15, 0.2) is 10.8 Å². The van der Waals surface area contributed by atoms with Crippen LogP contribution in [-0.4, -0.2) is 23.0 Å². The second-order valence-corrected chi connectivity index (χ2v) is 4.41. The van der Waals surface area contributed by atoms with Gasteiger partial charge in [0.2, 0.25) is 0 Å². The van der Waals surface area contributed by atoms with Gasteiger partial charge in [0.25, 0.3) is 0 Å². The molecule has 14 heavy (non-hydrogen) atoms. The number of nitrogens with zero attached hydrogens (tertiary/aromatic N) is 2. The molecular weight excluding hydrogens is 246 g/mol. The quantitative estimate of drug-likeness (QED) is 0.869. The Bertz CT molecular complexity index is 320. The molecule has 1 aromatic rings. The Morgan fingerprint density at radius 1 is 1.79 bits per heavy atom. The molecule has 4 nitrogen and oxygen atoms in total. The number of ether oxygens (including phenoxy) is 1. The van der Waals surface area contributed by atoms with Gasteiger partial charge in [0.15, 0.2) is 0 Å². The van der Waals surface area contributed by atoms with Crippen LogP contribution >= 0.6 is 15.9 Å². The van der Waals surface area contributed by atoms with Gasteiger partial charge in [-0.15, -0.1) is 0 Å². The zero-order valence-corrected chi connectivity index (χ0v) is 9.70. The van der Waals surface area contributed by atoms with Crippen LogP contribution in [-0.2, 0) is 11.8 Å². The summed E-state index contributed by atoms with van der Waals surface area (Å²) in [6.07, 6.45) is 2.87. The molecule has 0 aromatic carbocycles. The predicted molar refractivity (Wildman–Crippen MR) is 56.8 cm³/mol. The molecule has 1 aliphatic heterocycles. The number of aromatic nitrogens is 2. The molecule has 2 N–H and O–H groups in total. The first-order chi connectivity index (χ1) is 6.70. The number of hydrogen-bond donors (Lipinski definition) is 1. The first-order valence-corrected chi connectivity index (χ1v) is 5.50. The monoisotopic (exact) mass is 259 g/mol. The van der Waals surface area contributed by atoms with Gasteiger partial charge in [-0.1, -0.05) is 0 Å². The van der Waals surface area contributed by atoms with Gasteiger partial charge >= 0.3 is 0 Å². The SMILES string of the molecule is Cn1ncc(C(N)C2CCOC2)c1Br. The van der Waals surface area contributed by atoms with E-state index in [1.54, 1.807) is 4.68 Å². The van der Waals surface area contributed by atoms with Gasteiger partial charge in [0, 0.05) is 31.2 Å². The second-order valence-electron chi connectivity index (χ2n) is 3.66. The summed E-state index contributed by atoms with van der Waals surface area (Å²) in [7, 11) is 1.89. The fourth-order valence-electron chi connectivity index (χ4n) is 1.75. The van der Waals surface area contributed by atoms with Crippen molar-refractivity contribution in [1.29, 1.82) is 0 Å². The minimum absolute atomic E-state index is 0.0283. The molecule has 1 aromatic heterocycles. The summed E-state index contributed by atoms with van der Waals surface area (Å²) in [5.41, 5.74) is 7.22. The molecular formula is C9H14BrN3O. The maximum atomic E-state index is 6.15. The minimum Gasteiger partial charge on any atom is -0.381 e. The molecule has 0 radical (unpaired) electrons. The van der Waals surface area contributed by atoms with E-state index in [0.717, 1.165) is 29.8 Å². The maximum Gasteiger partial charge on any atom is 0.108 e. The molecule has 1 aliphatic rings. The molecule has 2 unspecified atom stereocenters. The molecule has 0 bridgehead atoms. The van der Waals surface area contributed by atoms with Gasteiger partial charge in [-0.2, -0.15) is 5.10 Å². The molecule has 2 atom stereocenters. The Kier molecular flexibility index (Phi) is 2.90. The molecule has 0 saturated carbocycles. The van der Waals surface area contributed by atoms with E-state index < -0.39 is 0 Å². The highest BCUT2D eigenvalue weighted by Gasteiger charge is 2.26. The normalized spacial score (nSPS) is 24.1. The van der Waals surface area contributed by atoms with E-state index >= 15 is 0 Å². The topological polar surface area (TPSA) is 53.1 Å². The maximum absolute atomic E-state index is 6.15. The van der Waals surface area contributed by atoms with E-state index in [-0.39, 0.29) is 6.04 Å². The first kappa shape index (κ1) is 10.1. The molecule has 78 valence electrons. The Morgan fingerprint density at radius 2 is 2.57 bits per heavy atom. The highest BCUT2D eigenvalue weighted by atomic mass is 79.9. The number of hydrogen-bond acceptors (Lipinski definition) is 3. The van der Waals surface area contributed by atoms with Crippen LogP contribution in [0.5, 0.6) is 0 Å². The van der Waals surface area contributed by atoms with Crippen molar-refractivity contribution in [2.45, 2.75) is 12.5 Å². The van der Waals surface area contributed by atoms with E-state index in [0.29, 0.717) is 5.92 Å². The third-order valence-corrected chi connectivity index (χ3v) is 3.70. The number of rotatable bonds is 2. The molecule has 5 heteroatoms. The van der Waals surface area contributed by atoms with Crippen LogP contribution in [0.4, 0.5) is 0 Å². The van der Waals surface area contributed by atoms with E-state index in [1.807, 2.05) is 13.2 Å². The van der Waals surface area contributed by atoms with Crippen LogP contribution in [0.2, 0.25) is 0 Å². The van der Waals surface area contributed by atoms with Crippen LogP contribution in [0, 0.1) is 5.92 Å². The first-order valence-electron chi connectivity index (χ1n) is 4.71. The lowest BCUT2D eigenvalue weighted by Crippen LogP contribution is -2.21. The van der Waals surface area contributed by atoms with Crippen molar-refractivity contribution in [1.82, 2.24) is 9.78 Å². The molecule has 1 fully saturated rings. The van der Waals surface area contributed by atoms with Crippen molar-refractivity contribution in [2.75, 3.05) is 13.2 Å². The van der Waals surface area contributed by atoms with E-state index in [1.165, 1.54) is 0 Å². The second kappa shape index (κ2) is 4.00. The minimum atomic E-state index is 0.0283. The smallest absolute Gasteiger partial charge is 0.108 e. The number of halogens is 1. The fourth-order valence-corrected chi connectivity index (χ4v) is 2.21. The van der Waals surface area contributed by atoms with E-state index in [2.05, 4.69) is 21.0 Å². The van der Waals surface area contributed by atoms with Crippen LogP contribution in [0.25, 0.3) is 0 Å². The molecule has 1 saturated heterocycles. The third kappa shape index (κ3) is 1.71. The number of nitrogens with two attached hydrogens (primary N) is 1. The zero-order valence-electron chi connectivity index (χ0n) is 8.11. The summed E-state index contributed by atoms with van der Waals surface area (Å²) in [4.78, 5) is 0. The lowest BCUT2D eigenvalue weighted by atomic mass is 9.95. The Morgan fingerprint density at radius 3 is 3.07 bits per heavy atom.